The first kappa shape index (κ1) is 19.4. The minimum atomic E-state index is -3.29. The molecule has 2 N–H and O–H groups in total. The summed E-state index contributed by atoms with van der Waals surface area (Å²) in [6.07, 6.45) is 3.73. The molecule has 3 atom stereocenters. The molecule has 0 saturated heterocycles. The van der Waals surface area contributed by atoms with Crippen molar-refractivity contribution in [2.24, 2.45) is 11.7 Å². The van der Waals surface area contributed by atoms with Gasteiger partial charge in [-0.1, -0.05) is 19.1 Å². The second-order valence-corrected chi connectivity index (χ2v) is 9.46. The number of benzene rings is 1. The summed E-state index contributed by atoms with van der Waals surface area (Å²) in [5, 5.41) is 0. The lowest BCUT2D eigenvalue weighted by molar-refractivity contribution is 0.124. The molecule has 0 amide bonds. The first-order valence-electron chi connectivity index (χ1n) is 9.03. The number of nitrogens with two attached hydrogens (primary N) is 1. The average molecular weight is 353 g/mol. The lowest BCUT2D eigenvalue weighted by Gasteiger charge is -2.40. The molecule has 24 heavy (non-hydrogen) atoms. The number of nitrogens with zero attached hydrogens (tertiary/aromatic N) is 1. The van der Waals surface area contributed by atoms with Crippen molar-refractivity contribution < 1.29 is 8.42 Å². The van der Waals surface area contributed by atoms with E-state index < -0.39 is 9.84 Å². The van der Waals surface area contributed by atoms with Crippen LogP contribution in [0.25, 0.3) is 0 Å². The van der Waals surface area contributed by atoms with Gasteiger partial charge in [0.05, 0.1) is 10.6 Å². The molecule has 0 bridgehead atoms. The van der Waals surface area contributed by atoms with Crippen molar-refractivity contribution in [3.63, 3.8) is 0 Å². The zero-order chi connectivity index (χ0) is 17.9. The fourth-order valence-electron chi connectivity index (χ4n) is 3.56. The Hall–Kier alpha value is -0.910. The standard InChI is InChI=1S/C19H32N2O2S/c1-5-15-6-9-18(10-7-15)24(22,23)13-16-12-17(8-11-19(16)20)21(4)14(2)3/h6-7,9-10,14,16-17,19H,5,8,11-13,20H2,1-4H3/t16-,17+,19-/m0/s1. The van der Waals surface area contributed by atoms with E-state index in [1.165, 1.54) is 0 Å². The third-order valence-corrected chi connectivity index (χ3v) is 7.39. The molecule has 1 aliphatic carbocycles. The molecule has 5 heteroatoms. The highest BCUT2D eigenvalue weighted by Crippen LogP contribution is 2.30. The van der Waals surface area contributed by atoms with Gasteiger partial charge in [0.1, 0.15) is 0 Å². The Balaban J connectivity index is 2.11. The van der Waals surface area contributed by atoms with Gasteiger partial charge in [0.2, 0.25) is 0 Å². The molecule has 2 rings (SSSR count). The third kappa shape index (κ3) is 4.58. The highest BCUT2D eigenvalue weighted by Gasteiger charge is 2.34. The smallest absolute Gasteiger partial charge is 0.178 e. The van der Waals surface area contributed by atoms with Crippen molar-refractivity contribution in [2.75, 3.05) is 12.8 Å². The minimum Gasteiger partial charge on any atom is -0.327 e. The highest BCUT2D eigenvalue weighted by atomic mass is 32.2. The van der Waals surface area contributed by atoms with E-state index in [0.29, 0.717) is 17.0 Å². The van der Waals surface area contributed by atoms with Crippen LogP contribution in [0.5, 0.6) is 0 Å². The Morgan fingerprint density at radius 1 is 1.21 bits per heavy atom. The lowest BCUT2D eigenvalue weighted by Crippen LogP contribution is -2.48. The maximum Gasteiger partial charge on any atom is 0.178 e. The van der Waals surface area contributed by atoms with E-state index in [-0.39, 0.29) is 17.7 Å². The van der Waals surface area contributed by atoms with E-state index in [4.69, 9.17) is 5.73 Å². The quantitative estimate of drug-likeness (QED) is 0.855. The SMILES string of the molecule is CCc1ccc(S(=O)(=O)C[C@@H]2C[C@H](N(C)C(C)C)CC[C@@H]2N)cc1. The van der Waals surface area contributed by atoms with Crippen molar-refractivity contribution in [1.82, 2.24) is 4.90 Å². The molecule has 1 aromatic carbocycles. The number of sulfone groups is 1. The van der Waals surface area contributed by atoms with Crippen molar-refractivity contribution in [3.8, 4) is 0 Å². The molecular weight excluding hydrogens is 320 g/mol. The largest absolute Gasteiger partial charge is 0.327 e. The summed E-state index contributed by atoms with van der Waals surface area (Å²) >= 11 is 0. The molecule has 1 fully saturated rings. The summed E-state index contributed by atoms with van der Waals surface area (Å²) in [6.45, 7) is 6.42. The monoisotopic (exact) mass is 352 g/mol. The molecule has 4 nitrogen and oxygen atoms in total. The van der Waals surface area contributed by atoms with Crippen LogP contribution in [0.15, 0.2) is 29.2 Å². The second-order valence-electron chi connectivity index (χ2n) is 7.43. The maximum atomic E-state index is 12.8. The van der Waals surface area contributed by atoms with Crippen molar-refractivity contribution in [2.45, 2.75) is 69.5 Å². The van der Waals surface area contributed by atoms with E-state index in [1.54, 1.807) is 12.1 Å². The van der Waals surface area contributed by atoms with Gasteiger partial charge in [-0.2, -0.15) is 0 Å². The van der Waals surface area contributed by atoms with Crippen LogP contribution in [0.4, 0.5) is 0 Å². The minimum absolute atomic E-state index is 0.0218. The number of aryl methyl sites for hydroxylation is 1. The van der Waals surface area contributed by atoms with E-state index in [0.717, 1.165) is 31.2 Å². The third-order valence-electron chi connectivity index (χ3n) is 5.53. The van der Waals surface area contributed by atoms with Gasteiger partial charge in [0.25, 0.3) is 0 Å². The Labute approximate surface area is 147 Å². The molecule has 0 aliphatic heterocycles. The Morgan fingerprint density at radius 2 is 1.83 bits per heavy atom. The van der Waals surface area contributed by atoms with Gasteiger partial charge in [0, 0.05) is 18.1 Å². The number of hydrogen-bond acceptors (Lipinski definition) is 4. The predicted octanol–water partition coefficient (Wildman–Crippen LogP) is 2.86. The molecular formula is C19H32N2O2S. The number of rotatable bonds is 6. The van der Waals surface area contributed by atoms with Crippen LogP contribution < -0.4 is 5.73 Å². The average Bonchev–Trinajstić information content (AvgIpc) is 2.56. The second kappa shape index (κ2) is 7.98. The van der Waals surface area contributed by atoms with Crippen molar-refractivity contribution >= 4 is 9.84 Å². The molecule has 0 radical (unpaired) electrons. The van der Waals surface area contributed by atoms with Gasteiger partial charge in [-0.05, 0) is 70.2 Å². The maximum absolute atomic E-state index is 12.8. The summed E-state index contributed by atoms with van der Waals surface area (Å²) < 4.78 is 25.6. The van der Waals surface area contributed by atoms with Crippen LogP contribution in [-0.2, 0) is 16.3 Å². The molecule has 1 aromatic rings. The number of hydrogen-bond donors (Lipinski definition) is 1. The molecule has 0 unspecified atom stereocenters. The summed E-state index contributed by atoms with van der Waals surface area (Å²) in [5.41, 5.74) is 7.42. The predicted molar refractivity (Wildman–Crippen MR) is 99.9 cm³/mol. The van der Waals surface area contributed by atoms with Gasteiger partial charge in [-0.3, -0.25) is 0 Å². The van der Waals surface area contributed by atoms with Gasteiger partial charge in [-0.15, -0.1) is 0 Å². The van der Waals surface area contributed by atoms with Crippen molar-refractivity contribution in [1.29, 1.82) is 0 Å². The zero-order valence-corrected chi connectivity index (χ0v) is 16.2. The molecule has 0 aromatic heterocycles. The topological polar surface area (TPSA) is 63.4 Å². The Bertz CT molecular complexity index is 625. The molecule has 0 spiro atoms. The summed E-state index contributed by atoms with van der Waals surface area (Å²) in [7, 11) is -1.16. The van der Waals surface area contributed by atoms with Crippen LogP contribution in [-0.4, -0.2) is 44.2 Å². The normalized spacial score (nSPS) is 25.4. The van der Waals surface area contributed by atoms with Gasteiger partial charge < -0.3 is 10.6 Å². The zero-order valence-electron chi connectivity index (χ0n) is 15.4. The van der Waals surface area contributed by atoms with Crippen LogP contribution >= 0.6 is 0 Å². The van der Waals surface area contributed by atoms with Crippen LogP contribution in [0, 0.1) is 5.92 Å². The highest BCUT2D eigenvalue weighted by molar-refractivity contribution is 7.91. The summed E-state index contributed by atoms with van der Waals surface area (Å²) in [5.74, 6) is 0.183. The lowest BCUT2D eigenvalue weighted by atomic mass is 9.82. The molecule has 0 heterocycles. The van der Waals surface area contributed by atoms with E-state index in [9.17, 15) is 8.42 Å². The van der Waals surface area contributed by atoms with E-state index >= 15 is 0 Å². The Kier molecular flexibility index (Phi) is 6.46. The van der Waals surface area contributed by atoms with E-state index in [2.05, 4.69) is 32.7 Å². The molecule has 1 aliphatic rings. The first-order valence-corrected chi connectivity index (χ1v) is 10.7. The molecule has 1 saturated carbocycles. The van der Waals surface area contributed by atoms with Crippen LogP contribution in [0.3, 0.4) is 0 Å². The fraction of sp³-hybridized carbons (Fsp3) is 0.684. The summed E-state index contributed by atoms with van der Waals surface area (Å²) in [6, 6.07) is 8.15. The fourth-order valence-corrected chi connectivity index (χ4v) is 5.25. The van der Waals surface area contributed by atoms with Crippen LogP contribution in [0.2, 0.25) is 0 Å². The summed E-state index contributed by atoms with van der Waals surface area (Å²) in [4.78, 5) is 2.77. The molecule has 136 valence electrons. The van der Waals surface area contributed by atoms with Gasteiger partial charge >= 0.3 is 0 Å². The van der Waals surface area contributed by atoms with Crippen LogP contribution in [0.1, 0.15) is 45.6 Å². The Morgan fingerprint density at radius 3 is 2.38 bits per heavy atom. The van der Waals surface area contributed by atoms with Crippen molar-refractivity contribution in [3.05, 3.63) is 29.8 Å². The van der Waals surface area contributed by atoms with Gasteiger partial charge in [-0.25, -0.2) is 8.42 Å². The first-order chi connectivity index (χ1) is 11.2. The van der Waals surface area contributed by atoms with Gasteiger partial charge in [0.15, 0.2) is 9.84 Å². The van der Waals surface area contributed by atoms with E-state index in [1.807, 2.05) is 12.1 Å².